The smallest absolute Gasteiger partial charge is 0.306 e. The minimum atomic E-state index is -0.177. The first kappa shape index (κ1) is 19.9. The Balaban J connectivity index is 3.35. The van der Waals surface area contributed by atoms with Crippen LogP contribution in [0.5, 0.6) is 0 Å². The number of ether oxygens (including phenoxy) is 2. The van der Waals surface area contributed by atoms with E-state index in [-0.39, 0.29) is 24.6 Å². The normalized spacial score (nSPS) is 12.0. The van der Waals surface area contributed by atoms with Crippen LogP contribution >= 0.6 is 0 Å². The minimum Gasteiger partial charge on any atom is -0.466 e. The topological polar surface area (TPSA) is 72.8 Å². The summed E-state index contributed by atoms with van der Waals surface area (Å²) < 4.78 is 10.3. The zero-order valence-electron chi connectivity index (χ0n) is 13.4. The van der Waals surface area contributed by atoms with Crippen LogP contribution < -0.4 is 0 Å². The molecular weight excluding hydrogens is 272 g/mol. The van der Waals surface area contributed by atoms with Gasteiger partial charge in [-0.05, 0) is 45.4 Å². The van der Waals surface area contributed by atoms with Crippen LogP contribution in [-0.2, 0) is 19.1 Å². The second-order valence-electron chi connectivity index (χ2n) is 5.27. The van der Waals surface area contributed by atoms with Crippen molar-refractivity contribution in [1.82, 2.24) is 0 Å². The number of unbranched alkanes of at least 4 members (excludes halogenated alkanes) is 4. The number of rotatable bonds is 13. The standard InChI is InChI=1S/C16H30O5/c1-3-14(2)21-16(19)11-7-5-9-13-20-15(18)10-6-4-8-12-17/h14,17H,3-13H2,1-2H3. The first-order chi connectivity index (χ1) is 10.1. The fraction of sp³-hybridized carbons (Fsp3) is 0.875. The van der Waals surface area contributed by atoms with Crippen molar-refractivity contribution in [2.45, 2.75) is 77.7 Å². The molecule has 0 rings (SSSR count). The molecule has 0 aliphatic carbocycles. The maximum Gasteiger partial charge on any atom is 0.306 e. The summed E-state index contributed by atoms with van der Waals surface area (Å²) in [6.45, 7) is 4.46. The molecule has 0 aromatic rings. The second-order valence-corrected chi connectivity index (χ2v) is 5.27. The van der Waals surface area contributed by atoms with Crippen molar-refractivity contribution < 1.29 is 24.2 Å². The molecule has 0 aliphatic heterocycles. The summed E-state index contributed by atoms with van der Waals surface area (Å²) in [5, 5.41) is 8.61. The molecule has 0 bridgehead atoms. The molecule has 5 nitrogen and oxygen atoms in total. The lowest BCUT2D eigenvalue weighted by atomic mass is 10.2. The molecule has 0 spiro atoms. The van der Waals surface area contributed by atoms with Gasteiger partial charge in [-0.25, -0.2) is 0 Å². The van der Waals surface area contributed by atoms with E-state index >= 15 is 0 Å². The fourth-order valence-corrected chi connectivity index (χ4v) is 1.73. The van der Waals surface area contributed by atoms with Gasteiger partial charge in [0, 0.05) is 19.4 Å². The van der Waals surface area contributed by atoms with E-state index in [9.17, 15) is 9.59 Å². The van der Waals surface area contributed by atoms with Crippen LogP contribution in [0.15, 0.2) is 0 Å². The van der Waals surface area contributed by atoms with Gasteiger partial charge in [0.25, 0.3) is 0 Å². The molecule has 0 heterocycles. The molecule has 0 amide bonds. The van der Waals surface area contributed by atoms with Gasteiger partial charge in [-0.3, -0.25) is 9.59 Å². The molecule has 0 saturated carbocycles. The Bertz CT molecular complexity index is 278. The average molecular weight is 302 g/mol. The highest BCUT2D eigenvalue weighted by Crippen LogP contribution is 2.06. The van der Waals surface area contributed by atoms with E-state index in [1.165, 1.54) is 0 Å². The van der Waals surface area contributed by atoms with Crippen LogP contribution in [0.25, 0.3) is 0 Å². The van der Waals surface area contributed by atoms with Crippen molar-refractivity contribution >= 4 is 11.9 Å². The average Bonchev–Trinajstić information content (AvgIpc) is 2.47. The largest absolute Gasteiger partial charge is 0.466 e. The Hall–Kier alpha value is -1.10. The van der Waals surface area contributed by atoms with Gasteiger partial charge in [-0.2, -0.15) is 0 Å². The maximum atomic E-state index is 11.4. The SMILES string of the molecule is CCC(C)OC(=O)CCCCCOC(=O)CCCCCO. The summed E-state index contributed by atoms with van der Waals surface area (Å²) in [5.74, 6) is -0.325. The third kappa shape index (κ3) is 13.6. The molecule has 0 radical (unpaired) electrons. The van der Waals surface area contributed by atoms with Crippen molar-refractivity contribution in [1.29, 1.82) is 0 Å². The Kier molecular flexibility index (Phi) is 13.1. The highest BCUT2D eigenvalue weighted by atomic mass is 16.5. The molecule has 21 heavy (non-hydrogen) atoms. The molecule has 1 atom stereocenters. The van der Waals surface area contributed by atoms with Gasteiger partial charge in [0.2, 0.25) is 0 Å². The van der Waals surface area contributed by atoms with Gasteiger partial charge in [-0.15, -0.1) is 0 Å². The molecule has 0 aromatic heterocycles. The van der Waals surface area contributed by atoms with Crippen LogP contribution in [0.1, 0.15) is 71.6 Å². The minimum absolute atomic E-state index is 0.00992. The van der Waals surface area contributed by atoms with Crippen molar-refractivity contribution in [2.75, 3.05) is 13.2 Å². The molecular formula is C16H30O5. The van der Waals surface area contributed by atoms with Crippen molar-refractivity contribution in [3.8, 4) is 0 Å². The Morgan fingerprint density at radius 3 is 2.19 bits per heavy atom. The van der Waals surface area contributed by atoms with Crippen LogP contribution in [0.3, 0.4) is 0 Å². The summed E-state index contributed by atoms with van der Waals surface area (Å²) in [5.41, 5.74) is 0. The summed E-state index contributed by atoms with van der Waals surface area (Å²) in [6.07, 6.45) is 6.42. The highest BCUT2D eigenvalue weighted by molar-refractivity contribution is 5.69. The number of carbonyl (C=O) groups excluding carboxylic acids is 2. The number of aliphatic hydroxyl groups is 1. The number of hydrogen-bond acceptors (Lipinski definition) is 5. The number of hydrogen-bond donors (Lipinski definition) is 1. The lowest BCUT2D eigenvalue weighted by Crippen LogP contribution is -2.13. The molecule has 5 heteroatoms. The Morgan fingerprint density at radius 2 is 1.57 bits per heavy atom. The lowest BCUT2D eigenvalue weighted by molar-refractivity contribution is -0.148. The molecule has 0 fully saturated rings. The third-order valence-corrected chi connectivity index (χ3v) is 3.23. The summed E-state index contributed by atoms with van der Waals surface area (Å²) in [6, 6.07) is 0. The summed E-state index contributed by atoms with van der Waals surface area (Å²) >= 11 is 0. The van der Waals surface area contributed by atoms with E-state index in [2.05, 4.69) is 0 Å². The molecule has 0 aromatic carbocycles. The lowest BCUT2D eigenvalue weighted by Gasteiger charge is -2.10. The fourth-order valence-electron chi connectivity index (χ4n) is 1.73. The zero-order chi connectivity index (χ0) is 15.9. The van der Waals surface area contributed by atoms with E-state index in [1.807, 2.05) is 13.8 Å². The van der Waals surface area contributed by atoms with Gasteiger partial charge in [0.1, 0.15) is 0 Å². The zero-order valence-corrected chi connectivity index (χ0v) is 13.4. The molecule has 124 valence electrons. The second kappa shape index (κ2) is 13.9. The van der Waals surface area contributed by atoms with Gasteiger partial charge in [0.15, 0.2) is 0 Å². The van der Waals surface area contributed by atoms with E-state index in [0.717, 1.165) is 44.9 Å². The predicted molar refractivity (Wildman–Crippen MR) is 80.8 cm³/mol. The van der Waals surface area contributed by atoms with Crippen LogP contribution in [0.4, 0.5) is 0 Å². The molecule has 1 N–H and O–H groups in total. The van der Waals surface area contributed by atoms with E-state index < -0.39 is 0 Å². The summed E-state index contributed by atoms with van der Waals surface area (Å²) in [4.78, 5) is 22.7. The first-order valence-corrected chi connectivity index (χ1v) is 8.06. The van der Waals surface area contributed by atoms with Crippen molar-refractivity contribution in [2.24, 2.45) is 0 Å². The number of carbonyl (C=O) groups is 2. The highest BCUT2D eigenvalue weighted by Gasteiger charge is 2.07. The van der Waals surface area contributed by atoms with Crippen molar-refractivity contribution in [3.05, 3.63) is 0 Å². The van der Waals surface area contributed by atoms with Gasteiger partial charge in [0.05, 0.1) is 12.7 Å². The van der Waals surface area contributed by atoms with E-state index in [1.54, 1.807) is 0 Å². The van der Waals surface area contributed by atoms with Gasteiger partial charge >= 0.3 is 11.9 Å². The van der Waals surface area contributed by atoms with Crippen molar-refractivity contribution in [3.63, 3.8) is 0 Å². The predicted octanol–water partition coefficient (Wildman–Crippen LogP) is 2.98. The molecule has 0 aliphatic rings. The molecule has 0 saturated heterocycles. The first-order valence-electron chi connectivity index (χ1n) is 8.06. The van der Waals surface area contributed by atoms with Crippen LogP contribution in [0.2, 0.25) is 0 Å². The van der Waals surface area contributed by atoms with Crippen LogP contribution in [-0.4, -0.2) is 36.4 Å². The van der Waals surface area contributed by atoms with Gasteiger partial charge < -0.3 is 14.6 Å². The summed E-state index contributed by atoms with van der Waals surface area (Å²) in [7, 11) is 0. The van der Waals surface area contributed by atoms with E-state index in [4.69, 9.17) is 14.6 Å². The maximum absolute atomic E-state index is 11.4. The Morgan fingerprint density at radius 1 is 0.952 bits per heavy atom. The third-order valence-electron chi connectivity index (χ3n) is 3.23. The van der Waals surface area contributed by atoms with Gasteiger partial charge in [-0.1, -0.05) is 13.3 Å². The van der Waals surface area contributed by atoms with E-state index in [0.29, 0.717) is 19.4 Å². The Labute approximate surface area is 128 Å². The number of esters is 2. The number of aliphatic hydroxyl groups excluding tert-OH is 1. The monoisotopic (exact) mass is 302 g/mol. The van der Waals surface area contributed by atoms with Crippen LogP contribution in [0, 0.1) is 0 Å². The molecule has 1 unspecified atom stereocenters. The quantitative estimate of drug-likeness (QED) is 0.418.